The van der Waals surface area contributed by atoms with E-state index in [1.807, 2.05) is 0 Å². The molecule has 0 bridgehead atoms. The van der Waals surface area contributed by atoms with Crippen LogP contribution < -0.4 is 11.3 Å². The van der Waals surface area contributed by atoms with Crippen LogP contribution in [0.3, 0.4) is 0 Å². The lowest BCUT2D eigenvalue weighted by Gasteiger charge is -2.00. The molecule has 16 heavy (non-hydrogen) atoms. The molecule has 0 radical (unpaired) electrons. The Balaban J connectivity index is 2.67. The van der Waals surface area contributed by atoms with Crippen molar-refractivity contribution in [3.05, 3.63) is 40.0 Å². The molecule has 0 aliphatic rings. The van der Waals surface area contributed by atoms with Gasteiger partial charge in [0.05, 0.1) is 5.69 Å². The van der Waals surface area contributed by atoms with Crippen LogP contribution in [-0.4, -0.2) is 6.54 Å². The van der Waals surface area contributed by atoms with Crippen LogP contribution in [-0.2, 0) is 0 Å². The molecule has 1 aromatic carbocycles. The summed E-state index contributed by atoms with van der Waals surface area (Å²) in [6, 6.07) is 4.45. The average Bonchev–Trinajstić information content (AvgIpc) is 2.29. The smallest absolute Gasteiger partial charge is 0.148 e. The van der Waals surface area contributed by atoms with Gasteiger partial charge in [-0.1, -0.05) is 17.0 Å². The number of anilines is 1. The Bertz CT molecular complexity index is 468. The Labute approximate surface area is 92.0 Å². The van der Waals surface area contributed by atoms with E-state index in [0.29, 0.717) is 18.5 Å². The number of benzene rings is 1. The monoisotopic (exact) mass is 219 g/mol. The number of azide groups is 1. The van der Waals surface area contributed by atoms with Crippen molar-refractivity contribution in [3.8, 4) is 11.8 Å². The summed E-state index contributed by atoms with van der Waals surface area (Å²) in [5.41, 5.74) is 11.0. The van der Waals surface area contributed by atoms with Gasteiger partial charge < -0.3 is 5.43 Å². The first-order valence-corrected chi connectivity index (χ1v) is 4.54. The van der Waals surface area contributed by atoms with Crippen LogP contribution in [0.1, 0.15) is 12.0 Å². The zero-order valence-electron chi connectivity index (χ0n) is 8.44. The highest BCUT2D eigenvalue weighted by Gasteiger charge is 1.99. The van der Waals surface area contributed by atoms with E-state index in [0.717, 1.165) is 0 Å². The van der Waals surface area contributed by atoms with Crippen LogP contribution in [0.5, 0.6) is 0 Å². The summed E-state index contributed by atoms with van der Waals surface area (Å²) in [5.74, 6) is 10.2. The minimum atomic E-state index is -0.454. The maximum Gasteiger partial charge on any atom is 0.148 e. The predicted octanol–water partition coefficient (Wildman–Crippen LogP) is 2.16. The zero-order chi connectivity index (χ0) is 11.8. The van der Waals surface area contributed by atoms with Gasteiger partial charge in [0, 0.05) is 23.4 Å². The number of nitrogen functional groups attached to an aromatic ring is 1. The molecule has 0 atom stereocenters. The summed E-state index contributed by atoms with van der Waals surface area (Å²) in [4.78, 5) is 2.59. The van der Waals surface area contributed by atoms with Crippen LogP contribution in [0.25, 0.3) is 10.4 Å². The molecule has 6 heteroatoms. The summed E-state index contributed by atoms with van der Waals surface area (Å²) in [6.07, 6.45) is 0.447. The zero-order valence-corrected chi connectivity index (χ0v) is 8.44. The van der Waals surface area contributed by atoms with E-state index >= 15 is 0 Å². The van der Waals surface area contributed by atoms with Gasteiger partial charge in [-0.05, 0) is 23.7 Å². The van der Waals surface area contributed by atoms with Gasteiger partial charge in [-0.25, -0.2) is 4.39 Å². The Hall–Kier alpha value is -2.22. The fourth-order valence-electron chi connectivity index (χ4n) is 1.03. The van der Waals surface area contributed by atoms with Crippen molar-refractivity contribution < 1.29 is 4.39 Å². The molecule has 5 nitrogen and oxygen atoms in total. The third kappa shape index (κ3) is 3.50. The van der Waals surface area contributed by atoms with Crippen molar-refractivity contribution in [2.75, 3.05) is 12.0 Å². The molecule has 82 valence electrons. The van der Waals surface area contributed by atoms with Crippen LogP contribution in [0, 0.1) is 17.7 Å². The van der Waals surface area contributed by atoms with Gasteiger partial charge in [0.1, 0.15) is 5.82 Å². The van der Waals surface area contributed by atoms with Crippen LogP contribution in [0.2, 0.25) is 0 Å². The Morgan fingerprint density at radius 1 is 1.56 bits per heavy atom. The molecule has 0 aliphatic heterocycles. The Morgan fingerprint density at radius 3 is 3.00 bits per heavy atom. The lowest BCUT2D eigenvalue weighted by molar-refractivity contribution is 0.630. The molecule has 0 saturated heterocycles. The van der Waals surface area contributed by atoms with Crippen molar-refractivity contribution >= 4 is 5.69 Å². The van der Waals surface area contributed by atoms with E-state index in [2.05, 4.69) is 27.3 Å². The first kappa shape index (κ1) is 11.9. The third-order valence-electron chi connectivity index (χ3n) is 1.76. The number of halogens is 1. The SMILES string of the molecule is [N-]=[N+]=NCCC#Cc1ccc(NN)c(F)c1. The Morgan fingerprint density at radius 2 is 2.38 bits per heavy atom. The number of nitrogens with one attached hydrogen (secondary N) is 1. The van der Waals surface area contributed by atoms with Gasteiger partial charge in [0.2, 0.25) is 0 Å². The Kier molecular flexibility index (Phi) is 4.67. The quantitative estimate of drug-likeness (QED) is 0.155. The number of rotatable bonds is 3. The largest absolute Gasteiger partial charge is 0.321 e. The second-order valence-electron chi connectivity index (χ2n) is 2.85. The maximum absolute atomic E-state index is 13.2. The number of nitrogens with two attached hydrogens (primary N) is 1. The summed E-state index contributed by atoms with van der Waals surface area (Å²) in [6.45, 7) is 0.314. The molecule has 0 unspecified atom stereocenters. The molecule has 0 amide bonds. The molecule has 0 aromatic heterocycles. The van der Waals surface area contributed by atoms with Gasteiger partial charge in [0.15, 0.2) is 0 Å². The van der Waals surface area contributed by atoms with Crippen molar-refractivity contribution in [2.45, 2.75) is 6.42 Å². The summed E-state index contributed by atoms with van der Waals surface area (Å²) in [7, 11) is 0. The lowest BCUT2D eigenvalue weighted by Crippen LogP contribution is -2.08. The first-order chi connectivity index (χ1) is 7.77. The number of nitrogens with zero attached hydrogens (tertiary/aromatic N) is 3. The number of hydrogen-bond acceptors (Lipinski definition) is 3. The highest BCUT2D eigenvalue weighted by Crippen LogP contribution is 2.13. The molecular weight excluding hydrogens is 209 g/mol. The molecular formula is C10H10FN5. The van der Waals surface area contributed by atoms with E-state index in [1.54, 1.807) is 6.07 Å². The van der Waals surface area contributed by atoms with E-state index in [9.17, 15) is 4.39 Å². The predicted molar refractivity (Wildman–Crippen MR) is 59.7 cm³/mol. The average molecular weight is 219 g/mol. The van der Waals surface area contributed by atoms with E-state index < -0.39 is 5.82 Å². The van der Waals surface area contributed by atoms with Crippen molar-refractivity contribution in [2.24, 2.45) is 11.0 Å². The van der Waals surface area contributed by atoms with Crippen molar-refractivity contribution in [3.63, 3.8) is 0 Å². The first-order valence-electron chi connectivity index (χ1n) is 4.54. The molecule has 0 heterocycles. The van der Waals surface area contributed by atoms with Crippen LogP contribution >= 0.6 is 0 Å². The van der Waals surface area contributed by atoms with E-state index in [-0.39, 0.29) is 5.69 Å². The van der Waals surface area contributed by atoms with E-state index in [1.165, 1.54) is 12.1 Å². The molecule has 0 fully saturated rings. The maximum atomic E-state index is 13.2. The molecule has 3 N–H and O–H groups in total. The third-order valence-corrected chi connectivity index (χ3v) is 1.76. The van der Waals surface area contributed by atoms with Crippen LogP contribution in [0.4, 0.5) is 10.1 Å². The number of hydrogen-bond donors (Lipinski definition) is 2. The standard InChI is InChI=1S/C10H10FN5/c11-9-7-8(4-5-10(9)15-12)3-1-2-6-14-16-13/h4-5,7,15H,2,6,12H2. The second-order valence-corrected chi connectivity index (χ2v) is 2.85. The van der Waals surface area contributed by atoms with E-state index in [4.69, 9.17) is 11.4 Å². The topological polar surface area (TPSA) is 86.8 Å². The molecule has 0 spiro atoms. The van der Waals surface area contributed by atoms with Crippen molar-refractivity contribution in [1.82, 2.24) is 0 Å². The van der Waals surface area contributed by atoms with Crippen LogP contribution in [0.15, 0.2) is 23.3 Å². The molecule has 1 rings (SSSR count). The van der Waals surface area contributed by atoms with Gasteiger partial charge >= 0.3 is 0 Å². The highest BCUT2D eigenvalue weighted by atomic mass is 19.1. The summed E-state index contributed by atoms with van der Waals surface area (Å²) in [5, 5.41) is 3.33. The molecule has 0 aliphatic carbocycles. The summed E-state index contributed by atoms with van der Waals surface area (Å²) >= 11 is 0. The van der Waals surface area contributed by atoms with Gasteiger partial charge in [-0.3, -0.25) is 5.84 Å². The minimum Gasteiger partial charge on any atom is -0.321 e. The van der Waals surface area contributed by atoms with Crippen molar-refractivity contribution in [1.29, 1.82) is 0 Å². The number of hydrazine groups is 1. The minimum absolute atomic E-state index is 0.222. The van der Waals surface area contributed by atoms with Gasteiger partial charge in [-0.15, -0.1) is 0 Å². The fraction of sp³-hybridized carbons (Fsp3) is 0.200. The highest BCUT2D eigenvalue weighted by molar-refractivity contribution is 5.48. The fourth-order valence-corrected chi connectivity index (χ4v) is 1.03. The van der Waals surface area contributed by atoms with Gasteiger partial charge in [-0.2, -0.15) is 0 Å². The molecule has 0 saturated carbocycles. The normalized spacial score (nSPS) is 8.62. The van der Waals surface area contributed by atoms with Gasteiger partial charge in [0.25, 0.3) is 0 Å². The lowest BCUT2D eigenvalue weighted by atomic mass is 10.2. The second kappa shape index (κ2) is 6.30. The molecule has 1 aromatic rings. The summed E-state index contributed by atoms with van der Waals surface area (Å²) < 4.78 is 13.2.